The van der Waals surface area contributed by atoms with Crippen LogP contribution in [0.25, 0.3) is 10.2 Å². The number of nitrogens with zero attached hydrogens (tertiary/aromatic N) is 1. The normalized spacial score (nSPS) is 11.7. The van der Waals surface area contributed by atoms with Crippen LogP contribution in [0.4, 0.5) is 5.13 Å². The van der Waals surface area contributed by atoms with Crippen molar-refractivity contribution in [2.75, 3.05) is 11.6 Å². The molecule has 8 heteroatoms. The number of thiazole rings is 1. The van der Waals surface area contributed by atoms with Crippen molar-refractivity contribution in [3.63, 3.8) is 0 Å². The number of hydrogen-bond acceptors (Lipinski definition) is 6. The second-order valence-electron chi connectivity index (χ2n) is 5.05. The van der Waals surface area contributed by atoms with E-state index < -0.39 is 9.84 Å². The Balaban J connectivity index is 1.71. The highest BCUT2D eigenvalue weighted by atomic mass is 32.2. The van der Waals surface area contributed by atoms with Crippen molar-refractivity contribution < 1.29 is 13.2 Å². The zero-order valence-corrected chi connectivity index (χ0v) is 14.7. The van der Waals surface area contributed by atoms with Gasteiger partial charge in [-0.1, -0.05) is 17.4 Å². The number of fused-ring (bicyclic) bond motifs is 1. The number of nitrogens with one attached hydrogen (secondary N) is 1. The first kappa shape index (κ1) is 16.1. The van der Waals surface area contributed by atoms with Gasteiger partial charge in [0.1, 0.15) is 0 Å². The van der Waals surface area contributed by atoms with Crippen LogP contribution in [0.15, 0.2) is 40.6 Å². The number of carbonyl (C=O) groups is 1. The number of rotatable bonds is 5. The number of carbonyl (C=O) groups excluding carboxylic acids is 1. The molecular weight excluding hydrogens is 352 g/mol. The van der Waals surface area contributed by atoms with Gasteiger partial charge in [-0.15, -0.1) is 11.3 Å². The Bertz CT molecular complexity index is 944. The van der Waals surface area contributed by atoms with Crippen molar-refractivity contribution >= 4 is 53.8 Å². The molecule has 3 aromatic rings. The van der Waals surface area contributed by atoms with E-state index in [0.717, 1.165) is 4.70 Å². The van der Waals surface area contributed by atoms with Crippen LogP contribution < -0.4 is 5.32 Å². The smallest absolute Gasteiger partial charge is 0.226 e. The lowest BCUT2D eigenvalue weighted by Gasteiger charge is -1.99. The Labute approximate surface area is 141 Å². The van der Waals surface area contributed by atoms with Crippen LogP contribution in [0.5, 0.6) is 0 Å². The molecule has 0 bridgehead atoms. The number of aryl methyl sites for hydroxylation is 1. The second-order valence-corrected chi connectivity index (χ2v) is 9.13. The summed E-state index contributed by atoms with van der Waals surface area (Å²) in [4.78, 5) is 17.7. The van der Waals surface area contributed by atoms with Crippen LogP contribution in [-0.4, -0.2) is 25.6 Å². The fourth-order valence-electron chi connectivity index (χ4n) is 2.06. The zero-order valence-electron chi connectivity index (χ0n) is 12.3. The molecule has 1 aromatic carbocycles. The van der Waals surface area contributed by atoms with Gasteiger partial charge in [-0.05, 0) is 36.1 Å². The van der Waals surface area contributed by atoms with Crippen molar-refractivity contribution in [1.29, 1.82) is 0 Å². The number of sulfone groups is 1. The van der Waals surface area contributed by atoms with Gasteiger partial charge < -0.3 is 5.32 Å². The lowest BCUT2D eigenvalue weighted by molar-refractivity contribution is -0.116. The van der Waals surface area contributed by atoms with E-state index in [1.807, 2.05) is 17.5 Å². The molecule has 0 aliphatic rings. The minimum absolute atomic E-state index is 0.0965. The standard InChI is InChI=1S/C15H14N2O3S3/c1-23(19,20)11-5-6-12-13(9-11)22-15(16-12)17-14(18)7-4-10-3-2-8-21-10/h2-3,5-6,8-9H,4,7H2,1H3,(H,16,17,18). The highest BCUT2D eigenvalue weighted by Crippen LogP contribution is 2.28. The first-order valence-electron chi connectivity index (χ1n) is 6.85. The van der Waals surface area contributed by atoms with Crippen molar-refractivity contribution in [3.05, 3.63) is 40.6 Å². The molecule has 0 unspecified atom stereocenters. The summed E-state index contributed by atoms with van der Waals surface area (Å²) in [6.45, 7) is 0. The quantitative estimate of drug-likeness (QED) is 0.751. The average Bonchev–Trinajstić information content (AvgIpc) is 3.12. The second kappa shape index (κ2) is 6.38. The zero-order chi connectivity index (χ0) is 16.4. The van der Waals surface area contributed by atoms with Crippen molar-refractivity contribution in [2.45, 2.75) is 17.7 Å². The molecule has 3 rings (SSSR count). The van der Waals surface area contributed by atoms with Gasteiger partial charge in [-0.25, -0.2) is 13.4 Å². The van der Waals surface area contributed by atoms with E-state index >= 15 is 0 Å². The highest BCUT2D eigenvalue weighted by molar-refractivity contribution is 7.90. The molecule has 2 aromatic heterocycles. The Morgan fingerprint density at radius 1 is 1.30 bits per heavy atom. The SMILES string of the molecule is CS(=O)(=O)c1ccc2nc(NC(=O)CCc3cccs3)sc2c1. The largest absolute Gasteiger partial charge is 0.302 e. The fourth-order valence-corrected chi connectivity index (χ4v) is 4.41. The van der Waals surface area contributed by atoms with E-state index in [1.165, 1.54) is 28.5 Å². The minimum Gasteiger partial charge on any atom is -0.302 e. The number of benzene rings is 1. The summed E-state index contributed by atoms with van der Waals surface area (Å²) in [5, 5.41) is 5.25. The molecule has 0 aliphatic heterocycles. The Morgan fingerprint density at radius 3 is 2.83 bits per heavy atom. The monoisotopic (exact) mass is 366 g/mol. The van der Waals surface area contributed by atoms with Gasteiger partial charge in [0.15, 0.2) is 15.0 Å². The molecule has 0 atom stereocenters. The summed E-state index contributed by atoms with van der Waals surface area (Å²) < 4.78 is 23.9. The maximum absolute atomic E-state index is 12.0. The molecule has 2 heterocycles. The Kier molecular flexibility index (Phi) is 4.47. The lowest BCUT2D eigenvalue weighted by atomic mass is 10.2. The average molecular weight is 366 g/mol. The van der Waals surface area contributed by atoms with Crippen LogP contribution in [-0.2, 0) is 21.1 Å². The molecule has 0 radical (unpaired) electrons. The van der Waals surface area contributed by atoms with E-state index in [-0.39, 0.29) is 10.8 Å². The van der Waals surface area contributed by atoms with Gasteiger partial charge in [0.25, 0.3) is 0 Å². The van der Waals surface area contributed by atoms with Crippen molar-refractivity contribution in [1.82, 2.24) is 4.98 Å². The van der Waals surface area contributed by atoms with Gasteiger partial charge in [-0.2, -0.15) is 0 Å². The topological polar surface area (TPSA) is 76.1 Å². The predicted molar refractivity (Wildman–Crippen MR) is 94.0 cm³/mol. The number of aromatic nitrogens is 1. The fraction of sp³-hybridized carbons (Fsp3) is 0.200. The van der Waals surface area contributed by atoms with Gasteiger partial charge in [0, 0.05) is 17.6 Å². The summed E-state index contributed by atoms with van der Waals surface area (Å²) in [6, 6.07) is 8.74. The molecule has 0 saturated carbocycles. The molecule has 0 aliphatic carbocycles. The molecular formula is C15H14N2O3S3. The van der Waals surface area contributed by atoms with Crippen LogP contribution >= 0.6 is 22.7 Å². The third-order valence-corrected chi connectivity index (χ3v) is 6.19. The lowest BCUT2D eigenvalue weighted by Crippen LogP contribution is -2.11. The van der Waals surface area contributed by atoms with E-state index in [9.17, 15) is 13.2 Å². The van der Waals surface area contributed by atoms with E-state index in [1.54, 1.807) is 23.5 Å². The maximum Gasteiger partial charge on any atom is 0.226 e. The summed E-state index contributed by atoms with van der Waals surface area (Å²) in [7, 11) is -3.25. The molecule has 23 heavy (non-hydrogen) atoms. The number of thiophene rings is 1. The molecule has 0 spiro atoms. The van der Waals surface area contributed by atoms with E-state index in [4.69, 9.17) is 0 Å². The van der Waals surface area contributed by atoms with Gasteiger partial charge in [0.05, 0.1) is 15.1 Å². The van der Waals surface area contributed by atoms with Gasteiger partial charge in [0.2, 0.25) is 5.91 Å². The third-order valence-electron chi connectivity index (χ3n) is 3.21. The first-order valence-corrected chi connectivity index (χ1v) is 10.4. The van der Waals surface area contributed by atoms with E-state index in [0.29, 0.717) is 23.5 Å². The van der Waals surface area contributed by atoms with Gasteiger partial charge in [-0.3, -0.25) is 4.79 Å². The molecule has 1 N–H and O–H groups in total. The number of anilines is 1. The number of amides is 1. The molecule has 5 nitrogen and oxygen atoms in total. The first-order chi connectivity index (χ1) is 10.9. The molecule has 0 fully saturated rings. The number of hydrogen-bond donors (Lipinski definition) is 1. The van der Waals surface area contributed by atoms with E-state index in [2.05, 4.69) is 10.3 Å². The highest BCUT2D eigenvalue weighted by Gasteiger charge is 2.12. The van der Waals surface area contributed by atoms with Crippen LogP contribution in [0, 0.1) is 0 Å². The summed E-state index contributed by atoms with van der Waals surface area (Å²) in [5.41, 5.74) is 0.677. The third kappa shape index (κ3) is 3.95. The summed E-state index contributed by atoms with van der Waals surface area (Å²) in [6.07, 6.45) is 2.26. The van der Waals surface area contributed by atoms with Crippen LogP contribution in [0.2, 0.25) is 0 Å². The minimum atomic E-state index is -3.25. The Hall–Kier alpha value is -1.77. The van der Waals surface area contributed by atoms with Crippen molar-refractivity contribution in [3.8, 4) is 0 Å². The van der Waals surface area contributed by atoms with Crippen LogP contribution in [0.1, 0.15) is 11.3 Å². The predicted octanol–water partition coefficient (Wildman–Crippen LogP) is 3.33. The Morgan fingerprint density at radius 2 is 2.13 bits per heavy atom. The molecule has 1 amide bonds. The maximum atomic E-state index is 12.0. The molecule has 0 saturated heterocycles. The van der Waals surface area contributed by atoms with Crippen LogP contribution in [0.3, 0.4) is 0 Å². The van der Waals surface area contributed by atoms with Crippen molar-refractivity contribution in [2.24, 2.45) is 0 Å². The summed E-state index contributed by atoms with van der Waals surface area (Å²) in [5.74, 6) is -0.0965. The molecule has 120 valence electrons. The summed E-state index contributed by atoms with van der Waals surface area (Å²) >= 11 is 2.90. The van der Waals surface area contributed by atoms with Gasteiger partial charge >= 0.3 is 0 Å².